The van der Waals surface area contributed by atoms with Crippen LogP contribution in [-0.4, -0.2) is 49.2 Å². The average molecular weight is 489 g/mol. The second-order valence-electron chi connectivity index (χ2n) is 8.61. The molecule has 188 valence electrons. The third-order valence-electron chi connectivity index (χ3n) is 5.47. The zero-order chi connectivity index (χ0) is 25.8. The number of carbonyl (C=O) groups excluding carboxylic acids is 3. The molecule has 7 heteroatoms. The zero-order valence-electron chi connectivity index (χ0n) is 20.7. The molecule has 0 bridgehead atoms. The van der Waals surface area contributed by atoms with Crippen LogP contribution in [0.25, 0.3) is 0 Å². The Balaban J connectivity index is 1.59. The first-order valence-electron chi connectivity index (χ1n) is 11.9. The van der Waals surface area contributed by atoms with Crippen molar-refractivity contribution in [1.82, 2.24) is 10.2 Å². The monoisotopic (exact) mass is 488 g/mol. The van der Waals surface area contributed by atoms with Crippen molar-refractivity contribution < 1.29 is 23.9 Å². The molecule has 36 heavy (non-hydrogen) atoms. The largest absolute Gasteiger partial charge is 0.457 e. The molecule has 3 rings (SSSR count). The number of amides is 2. The molecule has 0 saturated carbocycles. The Morgan fingerprint density at radius 2 is 1.39 bits per heavy atom. The van der Waals surface area contributed by atoms with Gasteiger partial charge in [0.2, 0.25) is 11.8 Å². The number of nitrogens with zero attached hydrogens (tertiary/aromatic N) is 1. The van der Waals surface area contributed by atoms with E-state index in [1.54, 1.807) is 14.1 Å². The minimum atomic E-state index is -0.823. The summed E-state index contributed by atoms with van der Waals surface area (Å²) in [5.41, 5.74) is 1.77. The van der Waals surface area contributed by atoms with E-state index in [1.807, 2.05) is 84.9 Å². The van der Waals surface area contributed by atoms with Crippen LogP contribution in [0.4, 0.5) is 0 Å². The molecule has 3 aromatic rings. The SMILES string of the molecule is CN(C)C(=O)CCC(=O)NC(COCc1ccccc1)C(=O)Cc1ccc(Oc2ccccc2)cc1. The summed E-state index contributed by atoms with van der Waals surface area (Å²) in [4.78, 5) is 38.9. The molecule has 7 nitrogen and oxygen atoms in total. The smallest absolute Gasteiger partial charge is 0.222 e. The Labute approximate surface area is 212 Å². The molecular formula is C29H32N2O5. The van der Waals surface area contributed by atoms with Crippen LogP contribution in [0, 0.1) is 0 Å². The van der Waals surface area contributed by atoms with E-state index >= 15 is 0 Å². The van der Waals surface area contributed by atoms with E-state index in [0.717, 1.165) is 16.9 Å². The lowest BCUT2D eigenvalue weighted by atomic mass is 10.0. The quantitative estimate of drug-likeness (QED) is 0.391. The van der Waals surface area contributed by atoms with Crippen LogP contribution in [0.15, 0.2) is 84.9 Å². The highest BCUT2D eigenvalue weighted by molar-refractivity contribution is 5.91. The van der Waals surface area contributed by atoms with Gasteiger partial charge in [-0.05, 0) is 35.4 Å². The zero-order valence-corrected chi connectivity index (χ0v) is 20.7. The number of benzene rings is 3. The predicted molar refractivity (Wildman–Crippen MR) is 138 cm³/mol. The van der Waals surface area contributed by atoms with Gasteiger partial charge in [-0.1, -0.05) is 60.7 Å². The molecule has 0 aliphatic heterocycles. The lowest BCUT2D eigenvalue weighted by Crippen LogP contribution is -2.45. The number of hydrogen-bond acceptors (Lipinski definition) is 5. The van der Waals surface area contributed by atoms with Crippen LogP contribution in [0.3, 0.4) is 0 Å². The number of ketones is 1. The molecule has 0 aliphatic rings. The fourth-order valence-corrected chi connectivity index (χ4v) is 3.42. The number of rotatable bonds is 13. The second-order valence-corrected chi connectivity index (χ2v) is 8.61. The van der Waals surface area contributed by atoms with Crippen molar-refractivity contribution in [3.63, 3.8) is 0 Å². The molecule has 0 spiro atoms. The van der Waals surface area contributed by atoms with E-state index in [-0.39, 0.29) is 43.5 Å². The molecule has 2 amide bonds. The van der Waals surface area contributed by atoms with Crippen molar-refractivity contribution in [3.8, 4) is 11.5 Å². The van der Waals surface area contributed by atoms with Crippen LogP contribution in [0.5, 0.6) is 11.5 Å². The molecule has 1 unspecified atom stereocenters. The Morgan fingerprint density at radius 1 is 0.778 bits per heavy atom. The molecule has 0 aliphatic carbocycles. The van der Waals surface area contributed by atoms with Gasteiger partial charge in [0.25, 0.3) is 0 Å². The maximum atomic E-state index is 13.1. The number of carbonyl (C=O) groups is 3. The van der Waals surface area contributed by atoms with Gasteiger partial charge in [-0.2, -0.15) is 0 Å². The summed E-state index contributed by atoms with van der Waals surface area (Å²) in [6.45, 7) is 0.363. The summed E-state index contributed by atoms with van der Waals surface area (Å²) in [5, 5.41) is 2.75. The molecule has 0 radical (unpaired) electrons. The van der Waals surface area contributed by atoms with E-state index < -0.39 is 6.04 Å². The summed E-state index contributed by atoms with van der Waals surface area (Å²) in [6, 6.07) is 25.5. The summed E-state index contributed by atoms with van der Waals surface area (Å²) in [6.07, 6.45) is 0.209. The van der Waals surface area contributed by atoms with Gasteiger partial charge in [0.15, 0.2) is 5.78 Å². The number of ether oxygens (including phenoxy) is 2. The van der Waals surface area contributed by atoms with Crippen molar-refractivity contribution in [2.45, 2.75) is 31.9 Å². The first kappa shape index (κ1) is 26.6. The Morgan fingerprint density at radius 3 is 2.03 bits per heavy atom. The summed E-state index contributed by atoms with van der Waals surface area (Å²) >= 11 is 0. The van der Waals surface area contributed by atoms with Crippen molar-refractivity contribution in [1.29, 1.82) is 0 Å². The fraction of sp³-hybridized carbons (Fsp3) is 0.276. The third-order valence-corrected chi connectivity index (χ3v) is 5.47. The van der Waals surface area contributed by atoms with Gasteiger partial charge in [-0.3, -0.25) is 14.4 Å². The van der Waals surface area contributed by atoms with Crippen molar-refractivity contribution >= 4 is 17.6 Å². The van der Waals surface area contributed by atoms with E-state index in [4.69, 9.17) is 9.47 Å². The Kier molecular flexibility index (Phi) is 10.2. The molecule has 0 aromatic heterocycles. The summed E-state index contributed by atoms with van der Waals surface area (Å²) in [5.74, 6) is 0.711. The number of Topliss-reactive ketones (excluding diaryl/α,β-unsaturated/α-hetero) is 1. The first-order valence-corrected chi connectivity index (χ1v) is 11.9. The standard InChI is InChI=1S/C29H32N2O5/c1-31(2)29(34)18-17-28(33)30-26(21-35-20-23-9-5-3-6-10-23)27(32)19-22-13-15-25(16-14-22)36-24-11-7-4-8-12-24/h3-16,26H,17-21H2,1-2H3,(H,30,33). The Bertz CT molecular complexity index is 1120. The van der Waals surface area contributed by atoms with Gasteiger partial charge in [-0.15, -0.1) is 0 Å². The van der Waals surface area contributed by atoms with Crippen LogP contribution < -0.4 is 10.1 Å². The van der Waals surface area contributed by atoms with E-state index in [0.29, 0.717) is 12.4 Å². The van der Waals surface area contributed by atoms with Gasteiger partial charge in [0, 0.05) is 33.4 Å². The number of hydrogen-bond donors (Lipinski definition) is 1. The lowest BCUT2D eigenvalue weighted by Gasteiger charge is -2.19. The highest BCUT2D eigenvalue weighted by Crippen LogP contribution is 2.21. The minimum Gasteiger partial charge on any atom is -0.457 e. The third kappa shape index (κ3) is 9.00. The molecule has 1 atom stereocenters. The Hall–Kier alpha value is -3.97. The molecule has 0 heterocycles. The van der Waals surface area contributed by atoms with Gasteiger partial charge in [0.05, 0.1) is 13.2 Å². The summed E-state index contributed by atoms with van der Waals surface area (Å²) < 4.78 is 11.6. The van der Waals surface area contributed by atoms with Crippen LogP contribution >= 0.6 is 0 Å². The lowest BCUT2D eigenvalue weighted by molar-refractivity contribution is -0.132. The van der Waals surface area contributed by atoms with Crippen molar-refractivity contribution in [2.24, 2.45) is 0 Å². The molecule has 0 fully saturated rings. The fourth-order valence-electron chi connectivity index (χ4n) is 3.42. The van der Waals surface area contributed by atoms with E-state index in [9.17, 15) is 14.4 Å². The van der Waals surface area contributed by atoms with Gasteiger partial charge in [-0.25, -0.2) is 0 Å². The van der Waals surface area contributed by atoms with E-state index in [2.05, 4.69) is 5.32 Å². The van der Waals surface area contributed by atoms with E-state index in [1.165, 1.54) is 4.90 Å². The molecule has 3 aromatic carbocycles. The molecule has 0 saturated heterocycles. The minimum absolute atomic E-state index is 0.00496. The van der Waals surface area contributed by atoms with Gasteiger partial charge >= 0.3 is 0 Å². The maximum absolute atomic E-state index is 13.1. The van der Waals surface area contributed by atoms with Crippen molar-refractivity contribution in [2.75, 3.05) is 20.7 Å². The molecular weight excluding hydrogens is 456 g/mol. The topological polar surface area (TPSA) is 84.9 Å². The maximum Gasteiger partial charge on any atom is 0.222 e. The van der Waals surface area contributed by atoms with Crippen molar-refractivity contribution in [3.05, 3.63) is 96.1 Å². The first-order chi connectivity index (χ1) is 17.4. The predicted octanol–water partition coefficient (Wildman–Crippen LogP) is 4.16. The number of nitrogens with one attached hydrogen (secondary N) is 1. The summed E-state index contributed by atoms with van der Waals surface area (Å²) in [7, 11) is 3.28. The number of para-hydroxylation sites is 1. The van der Waals surface area contributed by atoms with Gasteiger partial charge < -0.3 is 19.7 Å². The van der Waals surface area contributed by atoms with Crippen LogP contribution in [0.1, 0.15) is 24.0 Å². The molecule has 1 N–H and O–H groups in total. The van der Waals surface area contributed by atoms with Gasteiger partial charge in [0.1, 0.15) is 17.5 Å². The highest BCUT2D eigenvalue weighted by Gasteiger charge is 2.22. The second kappa shape index (κ2) is 13.8. The van der Waals surface area contributed by atoms with Crippen LogP contribution in [-0.2, 0) is 32.1 Å². The normalized spacial score (nSPS) is 11.4. The average Bonchev–Trinajstić information content (AvgIpc) is 2.89. The highest BCUT2D eigenvalue weighted by atomic mass is 16.5. The van der Waals surface area contributed by atoms with Crippen LogP contribution in [0.2, 0.25) is 0 Å².